The minimum absolute atomic E-state index is 0.0272. The lowest BCUT2D eigenvalue weighted by molar-refractivity contribution is -0.127. The van der Waals surface area contributed by atoms with Gasteiger partial charge in [0, 0.05) is 23.7 Å². The van der Waals surface area contributed by atoms with E-state index in [0.29, 0.717) is 18.5 Å². The summed E-state index contributed by atoms with van der Waals surface area (Å²) in [6, 6.07) is -0.158. The van der Waals surface area contributed by atoms with E-state index < -0.39 is 23.5 Å². The molecular weight excluding hydrogens is 378 g/mol. The normalized spacial score (nSPS) is 35.0. The number of piperazine rings is 1. The number of methoxy groups -OCH3 is 1. The lowest BCUT2D eigenvalue weighted by atomic mass is 9.82. The predicted octanol–water partition coefficient (Wildman–Crippen LogP) is 0.285. The molecule has 0 spiro atoms. The topological polar surface area (TPSA) is 122 Å². The Kier molecular flexibility index (Phi) is 4.70. The fraction of sp³-hybridized carbons (Fsp3) is 0.650. The number of amides is 1. The summed E-state index contributed by atoms with van der Waals surface area (Å²) in [7, 11) is 3.25. The Morgan fingerprint density at radius 2 is 2.03 bits per heavy atom. The van der Waals surface area contributed by atoms with Crippen molar-refractivity contribution in [2.45, 2.75) is 50.4 Å². The highest BCUT2D eigenvalue weighted by Crippen LogP contribution is 2.57. The zero-order valence-corrected chi connectivity index (χ0v) is 16.9. The van der Waals surface area contributed by atoms with Crippen LogP contribution >= 0.6 is 0 Å². The van der Waals surface area contributed by atoms with Crippen LogP contribution in [0.4, 0.5) is 4.79 Å². The molecule has 0 aromatic heterocycles. The molecule has 0 bridgehead atoms. The van der Waals surface area contributed by atoms with E-state index >= 15 is 0 Å². The Balaban J connectivity index is 1.75. The lowest BCUT2D eigenvalue weighted by Gasteiger charge is -2.37. The monoisotopic (exact) mass is 405 g/mol. The third-order valence-corrected chi connectivity index (χ3v) is 6.70. The predicted molar refractivity (Wildman–Crippen MR) is 101 cm³/mol. The SMILES string of the molecule is CCCCCC1=C(OC)C(=O)C2=C(C1=O)N1C[C@H]3[C@H](N3C)[C@]1(O)[C@H]2COC(N)=O. The number of primary amides is 1. The van der Waals surface area contributed by atoms with Crippen LogP contribution in [0.2, 0.25) is 0 Å². The maximum atomic E-state index is 13.4. The lowest BCUT2D eigenvalue weighted by Crippen LogP contribution is -2.53. The second kappa shape index (κ2) is 6.84. The molecule has 0 saturated carbocycles. The third kappa shape index (κ3) is 2.63. The van der Waals surface area contributed by atoms with Gasteiger partial charge >= 0.3 is 6.09 Å². The van der Waals surface area contributed by atoms with E-state index in [1.54, 1.807) is 4.90 Å². The van der Waals surface area contributed by atoms with Crippen LogP contribution in [0.3, 0.4) is 0 Å². The smallest absolute Gasteiger partial charge is 0.404 e. The molecule has 9 nitrogen and oxygen atoms in total. The quantitative estimate of drug-likeness (QED) is 0.352. The van der Waals surface area contributed by atoms with Gasteiger partial charge in [0.15, 0.2) is 11.5 Å². The standard InChI is InChI=1S/C20H27N3O6/c1-4-5-6-7-10-15(24)14-13(16(25)17(10)28-3)11(9-29-19(21)26)20(27)18-12(22(18)2)8-23(14)20/h11-12,18,27H,4-9H2,1-3H3,(H2,21,26)/t11-,12-,18-,20+,22?/m0/s1. The van der Waals surface area contributed by atoms with Gasteiger partial charge in [0.05, 0.1) is 24.8 Å². The van der Waals surface area contributed by atoms with Gasteiger partial charge in [-0.1, -0.05) is 19.8 Å². The van der Waals surface area contributed by atoms with Crippen molar-refractivity contribution in [1.29, 1.82) is 0 Å². The summed E-state index contributed by atoms with van der Waals surface area (Å²) in [6.07, 6.45) is 2.14. The molecule has 0 radical (unpaired) electrons. The summed E-state index contributed by atoms with van der Waals surface area (Å²) < 4.78 is 10.3. The van der Waals surface area contributed by atoms with Crippen molar-refractivity contribution in [2.75, 3.05) is 27.3 Å². The van der Waals surface area contributed by atoms with Crippen molar-refractivity contribution in [2.24, 2.45) is 11.7 Å². The number of ketones is 2. The number of Topliss-reactive ketones (excluding diaryl/α,β-unsaturated/α-hetero) is 2. The molecule has 158 valence electrons. The van der Waals surface area contributed by atoms with Crippen LogP contribution in [0.1, 0.15) is 32.6 Å². The summed E-state index contributed by atoms with van der Waals surface area (Å²) >= 11 is 0. The van der Waals surface area contributed by atoms with E-state index in [2.05, 4.69) is 6.92 Å². The van der Waals surface area contributed by atoms with Crippen LogP contribution in [0.5, 0.6) is 0 Å². The highest BCUT2D eigenvalue weighted by Gasteiger charge is 2.74. The summed E-state index contributed by atoms with van der Waals surface area (Å²) in [5, 5.41) is 11.7. The molecule has 9 heteroatoms. The fourth-order valence-electron chi connectivity index (χ4n) is 5.28. The first-order valence-electron chi connectivity index (χ1n) is 10.0. The maximum absolute atomic E-state index is 13.4. The molecule has 1 amide bonds. The Labute approximate surface area is 169 Å². The molecule has 29 heavy (non-hydrogen) atoms. The van der Waals surface area contributed by atoms with Crippen LogP contribution in [-0.4, -0.2) is 77.7 Å². The Morgan fingerprint density at radius 1 is 1.31 bits per heavy atom. The highest BCUT2D eigenvalue weighted by molar-refractivity contribution is 6.25. The van der Waals surface area contributed by atoms with E-state index in [9.17, 15) is 19.5 Å². The third-order valence-electron chi connectivity index (χ3n) is 6.70. The number of likely N-dealkylation sites (N-methyl/N-ethyl adjacent to an activating group) is 1. The van der Waals surface area contributed by atoms with E-state index in [4.69, 9.17) is 15.2 Å². The van der Waals surface area contributed by atoms with Crippen LogP contribution in [0.15, 0.2) is 22.6 Å². The Hall–Kier alpha value is -2.39. The zero-order valence-electron chi connectivity index (χ0n) is 16.9. The molecule has 2 saturated heterocycles. The van der Waals surface area contributed by atoms with Crippen LogP contribution in [0.25, 0.3) is 0 Å². The molecule has 1 aliphatic carbocycles. The highest BCUT2D eigenvalue weighted by atomic mass is 16.5. The second-order valence-electron chi connectivity index (χ2n) is 8.14. The van der Waals surface area contributed by atoms with Gasteiger partial charge in [0.2, 0.25) is 11.6 Å². The number of fused-ring (bicyclic) bond motifs is 4. The molecule has 3 heterocycles. The molecule has 3 N–H and O–H groups in total. The maximum Gasteiger partial charge on any atom is 0.404 e. The van der Waals surface area contributed by atoms with Crippen LogP contribution < -0.4 is 5.73 Å². The molecule has 3 aliphatic heterocycles. The Morgan fingerprint density at radius 3 is 2.66 bits per heavy atom. The number of rotatable bonds is 7. The fourth-order valence-corrected chi connectivity index (χ4v) is 5.28. The van der Waals surface area contributed by atoms with Gasteiger partial charge < -0.3 is 25.2 Å². The second-order valence-corrected chi connectivity index (χ2v) is 8.14. The van der Waals surface area contributed by atoms with Crippen molar-refractivity contribution in [3.8, 4) is 0 Å². The van der Waals surface area contributed by atoms with E-state index in [1.807, 2.05) is 11.9 Å². The van der Waals surface area contributed by atoms with Gasteiger partial charge in [-0.05, 0) is 19.9 Å². The molecule has 2 fully saturated rings. The summed E-state index contributed by atoms with van der Waals surface area (Å²) in [5.41, 5.74) is 4.38. The van der Waals surface area contributed by atoms with Crippen molar-refractivity contribution in [3.05, 3.63) is 22.6 Å². The van der Waals surface area contributed by atoms with Crippen molar-refractivity contribution in [1.82, 2.24) is 9.80 Å². The van der Waals surface area contributed by atoms with Crippen LogP contribution in [0, 0.1) is 5.92 Å². The number of carbonyl (C=O) groups excluding carboxylic acids is 3. The summed E-state index contributed by atoms with van der Waals surface area (Å²) in [5.74, 6) is -1.55. The van der Waals surface area contributed by atoms with Crippen molar-refractivity contribution in [3.63, 3.8) is 0 Å². The first kappa shape index (κ1) is 19.9. The zero-order chi connectivity index (χ0) is 21.1. The molecule has 5 atom stereocenters. The number of hydrogen-bond acceptors (Lipinski definition) is 8. The Bertz CT molecular complexity index is 849. The van der Waals surface area contributed by atoms with Crippen LogP contribution in [-0.2, 0) is 19.1 Å². The molecule has 4 rings (SSSR count). The molecular formula is C20H27N3O6. The van der Waals surface area contributed by atoms with Gasteiger partial charge in [0.1, 0.15) is 6.61 Å². The number of allylic oxidation sites excluding steroid dienone is 2. The van der Waals surface area contributed by atoms with E-state index in [-0.39, 0.29) is 41.5 Å². The largest absolute Gasteiger partial charge is 0.492 e. The van der Waals surface area contributed by atoms with Crippen molar-refractivity contribution < 1.29 is 29.0 Å². The minimum atomic E-state index is -1.50. The van der Waals surface area contributed by atoms with E-state index in [1.165, 1.54) is 7.11 Å². The molecule has 1 unspecified atom stereocenters. The number of nitrogens with zero attached hydrogens (tertiary/aromatic N) is 2. The van der Waals surface area contributed by atoms with Gasteiger partial charge in [0.25, 0.3) is 0 Å². The van der Waals surface area contributed by atoms with E-state index in [0.717, 1.165) is 19.3 Å². The molecule has 0 aromatic rings. The van der Waals surface area contributed by atoms with Gasteiger partial charge in [-0.25, -0.2) is 4.79 Å². The number of nitrogens with two attached hydrogens (primary N) is 1. The first-order valence-corrected chi connectivity index (χ1v) is 10.0. The number of unbranched alkanes of at least 4 members (excludes halogenated alkanes) is 2. The molecule has 0 aromatic carbocycles. The average Bonchev–Trinajstić information content (AvgIpc) is 3.08. The first-order chi connectivity index (χ1) is 13.8. The average molecular weight is 405 g/mol. The van der Waals surface area contributed by atoms with Gasteiger partial charge in [-0.2, -0.15) is 0 Å². The van der Waals surface area contributed by atoms with Crippen molar-refractivity contribution >= 4 is 17.7 Å². The summed E-state index contributed by atoms with van der Waals surface area (Å²) in [4.78, 5) is 41.6. The number of hydrogen-bond donors (Lipinski definition) is 2. The van der Waals surface area contributed by atoms with Gasteiger partial charge in [-0.3, -0.25) is 14.5 Å². The number of ether oxygens (including phenoxy) is 2. The van der Waals surface area contributed by atoms with Gasteiger partial charge in [-0.15, -0.1) is 0 Å². The number of carbonyl (C=O) groups is 3. The number of aliphatic hydroxyl groups is 1. The minimum Gasteiger partial charge on any atom is -0.492 e. The summed E-state index contributed by atoms with van der Waals surface area (Å²) in [6.45, 7) is 2.22. The molecule has 4 aliphatic rings.